The molecule has 0 radical (unpaired) electrons. The first-order chi connectivity index (χ1) is 12.0. The van der Waals surface area contributed by atoms with Crippen molar-refractivity contribution in [2.24, 2.45) is 5.92 Å². The highest BCUT2D eigenvalue weighted by Gasteiger charge is 2.35. The fourth-order valence-corrected chi connectivity index (χ4v) is 3.74. The zero-order valence-electron chi connectivity index (χ0n) is 14.8. The molecule has 0 saturated carbocycles. The largest absolute Gasteiger partial charge is 0.312 e. The van der Waals surface area contributed by atoms with Crippen molar-refractivity contribution in [3.63, 3.8) is 0 Å². The van der Waals surface area contributed by atoms with Gasteiger partial charge in [0.05, 0.1) is 11.6 Å². The van der Waals surface area contributed by atoms with Crippen molar-refractivity contribution in [1.82, 2.24) is 4.98 Å². The molecule has 2 aromatic rings. The van der Waals surface area contributed by atoms with Crippen molar-refractivity contribution in [2.75, 3.05) is 16.8 Å². The van der Waals surface area contributed by atoms with Gasteiger partial charge in [0.25, 0.3) is 0 Å². The SMILES string of the molecule is CCc1ccc(N2CC(C(=O)Nc3nc(C(C)C)cs3)CC2=O)cc1. The maximum absolute atomic E-state index is 12.5. The summed E-state index contributed by atoms with van der Waals surface area (Å²) < 4.78 is 0. The molecule has 0 aliphatic carbocycles. The van der Waals surface area contributed by atoms with Gasteiger partial charge in [0.2, 0.25) is 11.8 Å². The van der Waals surface area contributed by atoms with Gasteiger partial charge < -0.3 is 10.2 Å². The van der Waals surface area contributed by atoms with Crippen LogP contribution in [0.2, 0.25) is 0 Å². The molecule has 2 heterocycles. The molecule has 132 valence electrons. The van der Waals surface area contributed by atoms with E-state index in [-0.39, 0.29) is 24.2 Å². The first kappa shape index (κ1) is 17.6. The smallest absolute Gasteiger partial charge is 0.231 e. The third-order valence-electron chi connectivity index (χ3n) is 4.50. The quantitative estimate of drug-likeness (QED) is 0.885. The van der Waals surface area contributed by atoms with E-state index in [1.54, 1.807) is 4.90 Å². The van der Waals surface area contributed by atoms with E-state index in [0.717, 1.165) is 17.8 Å². The molecule has 1 saturated heterocycles. The molecule has 1 aliphatic rings. The number of hydrogen-bond acceptors (Lipinski definition) is 4. The number of benzene rings is 1. The van der Waals surface area contributed by atoms with Crippen LogP contribution in [-0.2, 0) is 16.0 Å². The summed E-state index contributed by atoms with van der Waals surface area (Å²) in [7, 11) is 0. The molecule has 6 heteroatoms. The van der Waals surface area contributed by atoms with Crippen molar-refractivity contribution < 1.29 is 9.59 Å². The van der Waals surface area contributed by atoms with Gasteiger partial charge in [-0.1, -0.05) is 32.9 Å². The Kier molecular flexibility index (Phi) is 5.18. The van der Waals surface area contributed by atoms with Gasteiger partial charge in [-0.3, -0.25) is 9.59 Å². The maximum Gasteiger partial charge on any atom is 0.231 e. The molecule has 3 rings (SSSR count). The second-order valence-corrected chi connectivity index (χ2v) is 7.50. The summed E-state index contributed by atoms with van der Waals surface area (Å²) in [5.74, 6) is -0.154. The first-order valence-electron chi connectivity index (χ1n) is 8.63. The van der Waals surface area contributed by atoms with Crippen LogP contribution < -0.4 is 10.2 Å². The number of hydrogen-bond donors (Lipinski definition) is 1. The molecule has 0 spiro atoms. The highest BCUT2D eigenvalue weighted by Crippen LogP contribution is 2.27. The number of aromatic nitrogens is 1. The van der Waals surface area contributed by atoms with Crippen LogP contribution >= 0.6 is 11.3 Å². The number of amides is 2. The highest BCUT2D eigenvalue weighted by atomic mass is 32.1. The van der Waals surface area contributed by atoms with Crippen LogP contribution in [0.3, 0.4) is 0 Å². The van der Waals surface area contributed by atoms with E-state index in [1.807, 2.05) is 29.6 Å². The van der Waals surface area contributed by atoms with Gasteiger partial charge in [-0.05, 0) is 30.0 Å². The van der Waals surface area contributed by atoms with Crippen molar-refractivity contribution in [2.45, 2.75) is 39.5 Å². The number of nitrogens with one attached hydrogen (secondary N) is 1. The molecule has 1 aromatic heterocycles. The van der Waals surface area contributed by atoms with Gasteiger partial charge in [0.1, 0.15) is 0 Å². The van der Waals surface area contributed by atoms with Crippen molar-refractivity contribution in [1.29, 1.82) is 0 Å². The summed E-state index contributed by atoms with van der Waals surface area (Å²) in [5, 5.41) is 5.42. The number of aryl methyl sites for hydroxylation is 1. The topological polar surface area (TPSA) is 62.3 Å². The van der Waals surface area contributed by atoms with Gasteiger partial charge in [-0.25, -0.2) is 4.98 Å². The summed E-state index contributed by atoms with van der Waals surface area (Å²) in [6, 6.07) is 7.96. The van der Waals surface area contributed by atoms with Crippen LogP contribution in [0.15, 0.2) is 29.6 Å². The van der Waals surface area contributed by atoms with Crippen LogP contribution in [-0.4, -0.2) is 23.3 Å². The third-order valence-corrected chi connectivity index (χ3v) is 5.27. The van der Waals surface area contributed by atoms with E-state index in [2.05, 4.69) is 31.1 Å². The monoisotopic (exact) mass is 357 g/mol. The van der Waals surface area contributed by atoms with Gasteiger partial charge >= 0.3 is 0 Å². The molecular weight excluding hydrogens is 334 g/mol. The zero-order chi connectivity index (χ0) is 18.0. The van der Waals surface area contributed by atoms with Crippen LogP contribution in [0.25, 0.3) is 0 Å². The average molecular weight is 357 g/mol. The standard InChI is InChI=1S/C19H23N3O2S/c1-4-13-5-7-15(8-6-13)22-10-14(9-17(22)23)18(24)21-19-20-16(11-25-19)12(2)3/h5-8,11-12,14H,4,9-10H2,1-3H3,(H,20,21,24). The second-order valence-electron chi connectivity index (χ2n) is 6.65. The molecule has 1 aliphatic heterocycles. The lowest BCUT2D eigenvalue weighted by Crippen LogP contribution is -2.28. The molecular formula is C19H23N3O2S. The third kappa shape index (κ3) is 3.90. The molecule has 1 aromatic carbocycles. The van der Waals surface area contributed by atoms with Gasteiger partial charge in [-0.15, -0.1) is 11.3 Å². The second kappa shape index (κ2) is 7.35. The van der Waals surface area contributed by atoms with E-state index >= 15 is 0 Å². The fraction of sp³-hybridized carbons (Fsp3) is 0.421. The fourth-order valence-electron chi connectivity index (χ4n) is 2.86. The van der Waals surface area contributed by atoms with E-state index in [9.17, 15) is 9.59 Å². The molecule has 1 atom stereocenters. The normalized spacial score (nSPS) is 17.4. The minimum absolute atomic E-state index is 0.00796. The van der Waals surface area contributed by atoms with Crippen molar-refractivity contribution in [3.05, 3.63) is 40.9 Å². The Morgan fingerprint density at radius 1 is 1.36 bits per heavy atom. The van der Waals surface area contributed by atoms with Crippen LogP contribution in [0.1, 0.15) is 44.4 Å². The van der Waals surface area contributed by atoms with E-state index in [1.165, 1.54) is 16.9 Å². The number of rotatable bonds is 5. The van der Waals surface area contributed by atoms with Crippen LogP contribution in [0, 0.1) is 5.92 Å². The number of carbonyl (C=O) groups is 2. The Hall–Kier alpha value is -2.21. The van der Waals surface area contributed by atoms with E-state index in [0.29, 0.717) is 17.6 Å². The lowest BCUT2D eigenvalue weighted by Gasteiger charge is -2.17. The molecule has 25 heavy (non-hydrogen) atoms. The lowest BCUT2D eigenvalue weighted by molar-refractivity contribution is -0.122. The summed E-state index contributed by atoms with van der Waals surface area (Å²) in [5.41, 5.74) is 3.06. The zero-order valence-corrected chi connectivity index (χ0v) is 15.6. The van der Waals surface area contributed by atoms with Crippen LogP contribution in [0.4, 0.5) is 10.8 Å². The number of carbonyl (C=O) groups excluding carboxylic acids is 2. The molecule has 0 bridgehead atoms. The van der Waals surface area contributed by atoms with E-state index in [4.69, 9.17) is 0 Å². The van der Waals surface area contributed by atoms with Gasteiger partial charge in [-0.2, -0.15) is 0 Å². The van der Waals surface area contributed by atoms with Crippen molar-refractivity contribution >= 4 is 34.0 Å². The average Bonchev–Trinajstić information content (AvgIpc) is 3.22. The summed E-state index contributed by atoms with van der Waals surface area (Å²) in [6.07, 6.45) is 1.20. The summed E-state index contributed by atoms with van der Waals surface area (Å²) >= 11 is 1.43. The molecule has 1 fully saturated rings. The predicted molar refractivity (Wildman–Crippen MR) is 101 cm³/mol. The minimum atomic E-state index is -0.343. The Labute approximate surface area is 152 Å². The Bertz CT molecular complexity index is 767. The Balaban J connectivity index is 1.65. The van der Waals surface area contributed by atoms with Gasteiger partial charge in [0.15, 0.2) is 5.13 Å². The molecule has 2 amide bonds. The number of nitrogens with zero attached hydrogens (tertiary/aromatic N) is 2. The molecule has 1 unspecified atom stereocenters. The highest BCUT2D eigenvalue weighted by molar-refractivity contribution is 7.13. The predicted octanol–water partition coefficient (Wildman–Crippen LogP) is 3.82. The summed E-state index contributed by atoms with van der Waals surface area (Å²) in [4.78, 5) is 30.9. The Morgan fingerprint density at radius 3 is 2.68 bits per heavy atom. The number of thiazole rings is 1. The van der Waals surface area contributed by atoms with Gasteiger partial charge in [0, 0.05) is 24.0 Å². The maximum atomic E-state index is 12.5. The lowest BCUT2D eigenvalue weighted by atomic mass is 10.1. The minimum Gasteiger partial charge on any atom is -0.312 e. The Morgan fingerprint density at radius 2 is 2.08 bits per heavy atom. The first-order valence-corrected chi connectivity index (χ1v) is 9.51. The number of anilines is 2. The van der Waals surface area contributed by atoms with Crippen molar-refractivity contribution in [3.8, 4) is 0 Å². The summed E-state index contributed by atoms with van der Waals surface area (Å²) in [6.45, 7) is 6.65. The van der Waals surface area contributed by atoms with E-state index < -0.39 is 0 Å². The van der Waals surface area contributed by atoms with Crippen LogP contribution in [0.5, 0.6) is 0 Å². The molecule has 1 N–H and O–H groups in total. The molecule has 5 nitrogen and oxygen atoms in total.